The quantitative estimate of drug-likeness (QED) is 0.293. The largest absolute Gasteiger partial charge is 0.493 e. The number of amides is 1. The Morgan fingerprint density at radius 1 is 1.09 bits per heavy atom. The highest BCUT2D eigenvalue weighted by Gasteiger charge is 2.44. The Morgan fingerprint density at radius 3 is 2.70 bits per heavy atom. The fourth-order valence-electron chi connectivity index (χ4n) is 6.39. The summed E-state index contributed by atoms with van der Waals surface area (Å²) in [7, 11) is 0. The van der Waals surface area contributed by atoms with E-state index in [1.807, 2.05) is 25.1 Å². The Kier molecular flexibility index (Phi) is 10.7. The third-order valence-electron chi connectivity index (χ3n) is 8.94. The van der Waals surface area contributed by atoms with Crippen molar-refractivity contribution in [2.24, 2.45) is 0 Å². The van der Waals surface area contributed by atoms with Gasteiger partial charge in [-0.05, 0) is 111 Å². The number of hydrogen-bond acceptors (Lipinski definition) is 5. The van der Waals surface area contributed by atoms with E-state index in [0.29, 0.717) is 30.0 Å². The summed E-state index contributed by atoms with van der Waals surface area (Å²) in [6.45, 7) is 9.80. The molecule has 5 rings (SSSR count). The number of aliphatic hydroxyl groups excluding tert-OH is 1. The Labute approximate surface area is 262 Å². The summed E-state index contributed by atoms with van der Waals surface area (Å²) in [5.74, 6) is -0.157. The molecule has 44 heavy (non-hydrogen) atoms. The second-order valence-corrected chi connectivity index (χ2v) is 12.7. The highest BCUT2D eigenvalue weighted by Crippen LogP contribution is 2.45. The second-order valence-electron chi connectivity index (χ2n) is 12.7. The molecule has 3 aromatic rings. The lowest BCUT2D eigenvalue weighted by atomic mass is 9.97. The smallest absolute Gasteiger partial charge is 0.251 e. The van der Waals surface area contributed by atoms with Crippen LogP contribution in [0.2, 0.25) is 0 Å². The molecule has 1 aliphatic heterocycles. The van der Waals surface area contributed by atoms with Crippen molar-refractivity contribution in [3.8, 4) is 5.75 Å². The van der Waals surface area contributed by atoms with Crippen LogP contribution in [0.3, 0.4) is 0 Å². The first kappa shape index (κ1) is 32.1. The van der Waals surface area contributed by atoms with E-state index in [1.54, 1.807) is 0 Å². The van der Waals surface area contributed by atoms with Crippen LogP contribution >= 0.6 is 0 Å². The summed E-state index contributed by atoms with van der Waals surface area (Å²) in [6, 6.07) is 18.7. The summed E-state index contributed by atoms with van der Waals surface area (Å²) in [5.41, 5.74) is 5.72. The van der Waals surface area contributed by atoms with E-state index in [0.717, 1.165) is 69.3 Å². The summed E-state index contributed by atoms with van der Waals surface area (Å²) in [6.07, 6.45) is 5.20. The number of ether oxygens (including phenoxy) is 1. The maximum Gasteiger partial charge on any atom is 0.251 e. The van der Waals surface area contributed by atoms with Crippen molar-refractivity contribution in [3.63, 3.8) is 0 Å². The van der Waals surface area contributed by atoms with Crippen molar-refractivity contribution in [2.75, 3.05) is 26.2 Å². The van der Waals surface area contributed by atoms with Crippen LogP contribution in [-0.2, 0) is 24.9 Å². The van der Waals surface area contributed by atoms with Crippen LogP contribution in [0.1, 0.15) is 84.1 Å². The van der Waals surface area contributed by atoms with Gasteiger partial charge in [0.15, 0.2) is 0 Å². The average molecular weight is 602 g/mol. The van der Waals surface area contributed by atoms with Gasteiger partial charge in [-0.2, -0.15) is 0 Å². The molecule has 2 aliphatic rings. The first-order chi connectivity index (χ1) is 21.3. The lowest BCUT2D eigenvalue weighted by molar-refractivity contribution is 0.0821. The van der Waals surface area contributed by atoms with E-state index in [-0.39, 0.29) is 17.9 Å². The monoisotopic (exact) mass is 601 g/mol. The molecular weight excluding hydrogens is 553 g/mol. The number of aliphatic hydroxyl groups is 1. The van der Waals surface area contributed by atoms with Crippen LogP contribution in [0.25, 0.3) is 0 Å². The molecule has 1 heterocycles. The zero-order chi connectivity index (χ0) is 31.1. The van der Waals surface area contributed by atoms with Crippen LogP contribution in [-0.4, -0.2) is 54.3 Å². The van der Waals surface area contributed by atoms with Crippen molar-refractivity contribution >= 4 is 5.91 Å². The fraction of sp³-hybridized carbons (Fsp3) is 0.486. The lowest BCUT2D eigenvalue weighted by Crippen LogP contribution is -2.50. The Hall–Kier alpha value is -3.26. The van der Waals surface area contributed by atoms with E-state index in [2.05, 4.69) is 59.7 Å². The third-order valence-corrected chi connectivity index (χ3v) is 8.94. The zero-order valence-corrected chi connectivity index (χ0v) is 26.5. The Morgan fingerprint density at radius 2 is 1.93 bits per heavy atom. The first-order valence-corrected chi connectivity index (χ1v) is 16.4. The van der Waals surface area contributed by atoms with Gasteiger partial charge < -0.3 is 20.5 Å². The molecular formula is C37H48FN3O3. The van der Waals surface area contributed by atoms with Crippen LogP contribution < -0.4 is 15.4 Å². The number of carbonyl (C=O) groups excluding carboxylic acids is 1. The average Bonchev–Trinajstić information content (AvgIpc) is 3.80. The zero-order valence-electron chi connectivity index (χ0n) is 26.5. The predicted molar refractivity (Wildman–Crippen MR) is 174 cm³/mol. The number of nitrogens with zero attached hydrogens (tertiary/aromatic N) is 1. The molecule has 0 aromatic heterocycles. The minimum atomic E-state index is -0.898. The molecule has 6 nitrogen and oxygen atoms in total. The number of aryl methyl sites for hydroxylation is 2. The van der Waals surface area contributed by atoms with Gasteiger partial charge in [0.2, 0.25) is 0 Å². The first-order valence-electron chi connectivity index (χ1n) is 16.4. The summed E-state index contributed by atoms with van der Waals surface area (Å²) in [4.78, 5) is 16.2. The fourth-order valence-corrected chi connectivity index (χ4v) is 6.39. The van der Waals surface area contributed by atoms with Gasteiger partial charge in [-0.1, -0.05) is 49.7 Å². The van der Waals surface area contributed by atoms with Crippen LogP contribution in [0, 0.1) is 12.7 Å². The molecule has 1 saturated carbocycles. The van der Waals surface area contributed by atoms with E-state index >= 15 is 0 Å². The number of benzene rings is 3. The number of fused-ring (bicyclic) bond motifs is 4. The molecule has 7 heteroatoms. The predicted octanol–water partition coefficient (Wildman–Crippen LogP) is 6.06. The molecule has 1 fully saturated rings. The molecule has 0 saturated heterocycles. The number of halogens is 1. The Bertz CT molecular complexity index is 1420. The Balaban J connectivity index is 1.40. The van der Waals surface area contributed by atoms with Gasteiger partial charge in [-0.25, -0.2) is 4.39 Å². The number of rotatable bonds is 8. The van der Waals surface area contributed by atoms with Gasteiger partial charge in [-0.3, -0.25) is 9.69 Å². The maximum atomic E-state index is 14.7. The van der Waals surface area contributed by atoms with Crippen molar-refractivity contribution < 1.29 is 19.0 Å². The van der Waals surface area contributed by atoms with E-state index in [9.17, 15) is 14.3 Å². The van der Waals surface area contributed by atoms with E-state index in [4.69, 9.17) is 4.74 Å². The van der Waals surface area contributed by atoms with Gasteiger partial charge in [-0.15, -0.1) is 0 Å². The van der Waals surface area contributed by atoms with Crippen molar-refractivity contribution in [2.45, 2.75) is 89.9 Å². The van der Waals surface area contributed by atoms with E-state index in [1.165, 1.54) is 23.3 Å². The number of nitrogens with one attached hydrogen (secondary N) is 2. The standard InChI is InChI=1S/C37H48FN3O3/c1-4-13-41-14-6-7-15-44-33-21-28(20-32(38)23-33)22-34(40-36(43)30-17-26(3)16-29(18-30)25-41)35(42)24-39-37(11-12-37)31-10-8-9-27(5-2)19-31/h8-10,16-21,23,34-35,39,42H,4-7,11-15,22,24-25H2,1-3H3,(H,40,43)/t34-,35+/m0/s1. The molecule has 236 valence electrons. The lowest BCUT2D eigenvalue weighted by Gasteiger charge is -2.28. The maximum absolute atomic E-state index is 14.7. The van der Waals surface area contributed by atoms with Crippen LogP contribution in [0.15, 0.2) is 60.7 Å². The molecule has 0 spiro atoms. The molecule has 0 unspecified atom stereocenters. The molecule has 3 N–H and O–H groups in total. The normalized spacial score (nSPS) is 19.8. The molecule has 1 amide bonds. The third kappa shape index (κ3) is 8.46. The van der Waals surface area contributed by atoms with Crippen molar-refractivity contribution in [3.05, 3.63) is 99.9 Å². The highest BCUT2D eigenvalue weighted by molar-refractivity contribution is 5.94. The molecule has 2 atom stereocenters. The minimum absolute atomic E-state index is 0.164. The SMILES string of the molecule is CCCN1CCCCOc2cc(F)cc(c2)C[C@@H]([C@H](O)CNC2(c3cccc(CC)c3)CC2)NC(=O)c2cc(C)cc(c2)C1. The molecule has 1 aliphatic carbocycles. The molecule has 0 radical (unpaired) electrons. The number of hydrogen-bond donors (Lipinski definition) is 3. The summed E-state index contributed by atoms with van der Waals surface area (Å²) >= 11 is 0. The van der Waals surface area contributed by atoms with Gasteiger partial charge >= 0.3 is 0 Å². The molecule has 4 bridgehead atoms. The van der Waals surface area contributed by atoms with Crippen LogP contribution in [0.4, 0.5) is 4.39 Å². The van der Waals surface area contributed by atoms with Gasteiger partial charge in [0, 0.05) is 30.3 Å². The van der Waals surface area contributed by atoms with Crippen molar-refractivity contribution in [1.29, 1.82) is 0 Å². The van der Waals surface area contributed by atoms with Crippen LogP contribution in [0.5, 0.6) is 5.75 Å². The number of carbonyl (C=O) groups is 1. The minimum Gasteiger partial charge on any atom is -0.493 e. The van der Waals surface area contributed by atoms with Gasteiger partial charge in [0.1, 0.15) is 11.6 Å². The second kappa shape index (κ2) is 14.7. The highest BCUT2D eigenvalue weighted by atomic mass is 19.1. The topological polar surface area (TPSA) is 73.8 Å². The molecule has 3 aromatic carbocycles. The summed E-state index contributed by atoms with van der Waals surface area (Å²) < 4.78 is 20.7. The van der Waals surface area contributed by atoms with E-state index < -0.39 is 18.0 Å². The van der Waals surface area contributed by atoms with Gasteiger partial charge in [0.25, 0.3) is 5.91 Å². The van der Waals surface area contributed by atoms with Crippen molar-refractivity contribution in [1.82, 2.24) is 15.5 Å². The van der Waals surface area contributed by atoms with Gasteiger partial charge in [0.05, 0.1) is 18.8 Å². The summed E-state index contributed by atoms with van der Waals surface area (Å²) in [5, 5.41) is 18.3.